The first-order valence-corrected chi connectivity index (χ1v) is 8.16. The van der Waals surface area contributed by atoms with Crippen molar-refractivity contribution in [3.05, 3.63) is 41.7 Å². The third-order valence-corrected chi connectivity index (χ3v) is 3.90. The molecule has 1 aromatic carbocycles. The van der Waals surface area contributed by atoms with Gasteiger partial charge in [-0.2, -0.15) is 0 Å². The third-order valence-electron chi connectivity index (χ3n) is 3.90. The first-order chi connectivity index (χ1) is 12.1. The maximum atomic E-state index is 11.9. The van der Waals surface area contributed by atoms with Gasteiger partial charge in [0.25, 0.3) is 0 Å². The van der Waals surface area contributed by atoms with Crippen LogP contribution in [0, 0.1) is 0 Å². The summed E-state index contributed by atoms with van der Waals surface area (Å²) in [6, 6.07) is 8.40. The molecule has 1 N–H and O–H groups in total. The van der Waals surface area contributed by atoms with Crippen molar-refractivity contribution in [3.63, 3.8) is 0 Å². The maximum Gasteiger partial charge on any atom is 0.311 e. The highest BCUT2D eigenvalue weighted by atomic mass is 16.7. The van der Waals surface area contributed by atoms with E-state index in [0.717, 1.165) is 19.3 Å². The number of carbonyl (C=O) groups is 2. The zero-order valence-corrected chi connectivity index (χ0v) is 13.6. The van der Waals surface area contributed by atoms with E-state index in [4.69, 9.17) is 19.1 Å². The van der Waals surface area contributed by atoms with Crippen molar-refractivity contribution in [3.8, 4) is 11.3 Å². The highest BCUT2D eigenvalue weighted by Gasteiger charge is 2.16. The zero-order chi connectivity index (χ0) is 17.6. The molecule has 2 aromatic rings. The highest BCUT2D eigenvalue weighted by Crippen LogP contribution is 2.22. The van der Waals surface area contributed by atoms with Crippen molar-refractivity contribution in [1.29, 1.82) is 0 Å². The minimum Gasteiger partial charge on any atom is -0.481 e. The smallest absolute Gasteiger partial charge is 0.311 e. The van der Waals surface area contributed by atoms with Gasteiger partial charge in [0, 0.05) is 23.8 Å². The minimum atomic E-state index is -1.15. The Balaban J connectivity index is 1.65. The summed E-state index contributed by atoms with van der Waals surface area (Å²) in [7, 11) is 0. The predicted octanol–water partition coefficient (Wildman–Crippen LogP) is 3.04. The quantitative estimate of drug-likeness (QED) is 0.608. The van der Waals surface area contributed by atoms with Crippen LogP contribution in [0.15, 0.2) is 34.9 Å². The Labute approximate surface area is 144 Å². The molecule has 1 aliphatic rings. The second-order valence-corrected chi connectivity index (χ2v) is 5.86. The molecule has 132 valence electrons. The molecular formula is C18H19NO6. The molecule has 1 fully saturated rings. The molecule has 0 radical (unpaired) electrons. The number of hydrogen-bond acceptors (Lipinski definition) is 6. The summed E-state index contributed by atoms with van der Waals surface area (Å²) in [5, 5.41) is 12.7. The molecule has 1 aliphatic heterocycles. The summed E-state index contributed by atoms with van der Waals surface area (Å²) in [6.07, 6.45) is 2.27. The molecule has 2 heterocycles. The lowest BCUT2D eigenvalue weighted by molar-refractivity contribution is -0.171. The van der Waals surface area contributed by atoms with Gasteiger partial charge in [0.1, 0.15) is 18.7 Å². The minimum absolute atomic E-state index is 0.209. The molecule has 0 bridgehead atoms. The van der Waals surface area contributed by atoms with Crippen LogP contribution in [0.3, 0.4) is 0 Å². The van der Waals surface area contributed by atoms with Gasteiger partial charge in [-0.15, -0.1) is 0 Å². The highest BCUT2D eigenvalue weighted by molar-refractivity contribution is 6.06. The maximum absolute atomic E-state index is 11.9. The first-order valence-electron chi connectivity index (χ1n) is 8.16. The number of hydrogen-bond donors (Lipinski definition) is 1. The van der Waals surface area contributed by atoms with Gasteiger partial charge >= 0.3 is 5.97 Å². The van der Waals surface area contributed by atoms with E-state index < -0.39 is 18.2 Å². The van der Waals surface area contributed by atoms with Gasteiger partial charge in [0.15, 0.2) is 17.8 Å². The molecule has 1 aromatic heterocycles. The number of carboxylic acid groups (broad SMARTS) is 1. The van der Waals surface area contributed by atoms with Crippen LogP contribution in [0.25, 0.3) is 11.3 Å². The van der Waals surface area contributed by atoms with Gasteiger partial charge in [0.05, 0.1) is 0 Å². The van der Waals surface area contributed by atoms with E-state index >= 15 is 0 Å². The number of benzene rings is 1. The largest absolute Gasteiger partial charge is 0.481 e. The molecule has 25 heavy (non-hydrogen) atoms. The molecular weight excluding hydrogens is 326 g/mol. The molecule has 0 saturated carbocycles. The average Bonchev–Trinajstić information content (AvgIpc) is 3.09. The van der Waals surface area contributed by atoms with Gasteiger partial charge in [-0.25, -0.2) is 0 Å². The number of nitrogens with zero attached hydrogens (tertiary/aromatic N) is 1. The Kier molecular flexibility index (Phi) is 5.57. The number of ketones is 1. The van der Waals surface area contributed by atoms with E-state index in [1.54, 1.807) is 30.3 Å². The average molecular weight is 345 g/mol. The van der Waals surface area contributed by atoms with Crippen molar-refractivity contribution in [2.45, 2.75) is 38.6 Å². The van der Waals surface area contributed by atoms with Crippen LogP contribution in [-0.2, 0) is 20.9 Å². The second-order valence-electron chi connectivity index (χ2n) is 5.86. The SMILES string of the molecule is O=C(O)CC(=O)c1cccc(-c2cc(COC3CCCCO3)on2)c1. The predicted molar refractivity (Wildman–Crippen MR) is 86.9 cm³/mol. The number of carboxylic acids is 1. The lowest BCUT2D eigenvalue weighted by atomic mass is 10.0. The molecule has 3 rings (SSSR count). The Morgan fingerprint density at radius 2 is 2.16 bits per heavy atom. The number of aromatic nitrogens is 1. The zero-order valence-electron chi connectivity index (χ0n) is 13.6. The summed E-state index contributed by atoms with van der Waals surface area (Å²) >= 11 is 0. The van der Waals surface area contributed by atoms with Crippen molar-refractivity contribution in [2.24, 2.45) is 0 Å². The van der Waals surface area contributed by atoms with Crippen LogP contribution < -0.4 is 0 Å². The van der Waals surface area contributed by atoms with Crippen LogP contribution >= 0.6 is 0 Å². The van der Waals surface area contributed by atoms with Crippen LogP contribution in [0.2, 0.25) is 0 Å². The topological polar surface area (TPSA) is 98.9 Å². The Morgan fingerprint density at radius 1 is 1.28 bits per heavy atom. The van der Waals surface area contributed by atoms with E-state index in [2.05, 4.69) is 5.16 Å². The number of carbonyl (C=O) groups excluding carboxylic acids is 1. The fourth-order valence-corrected chi connectivity index (χ4v) is 2.63. The third kappa shape index (κ3) is 4.74. The summed E-state index contributed by atoms with van der Waals surface area (Å²) < 4.78 is 16.4. The fraction of sp³-hybridized carbons (Fsp3) is 0.389. The Morgan fingerprint density at radius 3 is 2.92 bits per heavy atom. The van der Waals surface area contributed by atoms with Crippen LogP contribution in [0.5, 0.6) is 0 Å². The Hall–Kier alpha value is -2.51. The summed E-state index contributed by atoms with van der Waals surface area (Å²) in [6.45, 7) is 0.971. The van der Waals surface area contributed by atoms with E-state index in [1.807, 2.05) is 0 Å². The fourth-order valence-electron chi connectivity index (χ4n) is 2.63. The van der Waals surface area contributed by atoms with Gasteiger partial charge < -0.3 is 19.1 Å². The van der Waals surface area contributed by atoms with Crippen LogP contribution in [-0.4, -0.2) is 34.9 Å². The van der Waals surface area contributed by atoms with E-state index in [0.29, 0.717) is 29.2 Å². The summed E-state index contributed by atoms with van der Waals surface area (Å²) in [4.78, 5) is 22.5. The van der Waals surface area contributed by atoms with Crippen molar-refractivity contribution >= 4 is 11.8 Å². The molecule has 7 heteroatoms. The second kappa shape index (κ2) is 8.04. The lowest BCUT2D eigenvalue weighted by Crippen LogP contribution is -2.21. The van der Waals surface area contributed by atoms with Gasteiger partial charge in [-0.3, -0.25) is 9.59 Å². The molecule has 1 unspecified atom stereocenters. The van der Waals surface area contributed by atoms with E-state index in [1.165, 1.54) is 0 Å². The molecule has 0 spiro atoms. The van der Waals surface area contributed by atoms with Gasteiger partial charge in [-0.1, -0.05) is 23.4 Å². The first kappa shape index (κ1) is 17.3. The van der Waals surface area contributed by atoms with E-state index in [-0.39, 0.29) is 12.9 Å². The number of Topliss-reactive ketones (excluding diaryl/α,β-unsaturated/α-hetero) is 1. The van der Waals surface area contributed by atoms with Crippen molar-refractivity contribution < 1.29 is 28.7 Å². The molecule has 0 aliphatic carbocycles. The van der Waals surface area contributed by atoms with Crippen LogP contribution in [0.1, 0.15) is 41.8 Å². The summed E-state index contributed by atoms with van der Waals surface area (Å²) in [5.41, 5.74) is 1.57. The van der Waals surface area contributed by atoms with Crippen LogP contribution in [0.4, 0.5) is 0 Å². The van der Waals surface area contributed by atoms with E-state index in [9.17, 15) is 9.59 Å². The standard InChI is InChI=1S/C18H19NO6/c20-16(10-17(21)22)13-5-3-4-12(8-13)15-9-14(25-19-15)11-24-18-6-1-2-7-23-18/h3-5,8-9,18H,1-2,6-7,10-11H2,(H,21,22). The number of ether oxygens (including phenoxy) is 2. The van der Waals surface area contributed by atoms with Crippen molar-refractivity contribution in [2.75, 3.05) is 6.61 Å². The molecule has 1 saturated heterocycles. The van der Waals surface area contributed by atoms with Gasteiger partial charge in [0.2, 0.25) is 0 Å². The monoisotopic (exact) mass is 345 g/mol. The molecule has 0 amide bonds. The Bertz CT molecular complexity index is 748. The normalized spacial score (nSPS) is 17.4. The molecule has 7 nitrogen and oxygen atoms in total. The lowest BCUT2D eigenvalue weighted by Gasteiger charge is -2.21. The number of rotatable bonds is 7. The number of aliphatic carboxylic acids is 1. The van der Waals surface area contributed by atoms with Gasteiger partial charge in [-0.05, 0) is 25.3 Å². The molecule has 1 atom stereocenters. The summed E-state index contributed by atoms with van der Waals surface area (Å²) in [5.74, 6) is -1.04. The van der Waals surface area contributed by atoms with Crippen molar-refractivity contribution in [1.82, 2.24) is 5.16 Å².